The summed E-state index contributed by atoms with van der Waals surface area (Å²) in [7, 11) is 0. The highest BCUT2D eigenvalue weighted by Gasteiger charge is 2.13. The first kappa shape index (κ1) is 13.4. The van der Waals surface area contributed by atoms with E-state index in [0.29, 0.717) is 26.4 Å². The molecule has 5 nitrogen and oxygen atoms in total. The quantitative estimate of drug-likeness (QED) is 0.781. The fourth-order valence-corrected chi connectivity index (χ4v) is 2.70. The maximum absolute atomic E-state index is 12.1. The number of fused-ring (bicyclic) bond motifs is 1. The van der Waals surface area contributed by atoms with Gasteiger partial charge in [-0.3, -0.25) is 4.79 Å². The van der Waals surface area contributed by atoms with E-state index in [1.165, 1.54) is 11.3 Å². The molecule has 2 heterocycles. The maximum atomic E-state index is 12.1. The molecule has 0 bridgehead atoms. The minimum Gasteiger partial charge on any atom is -0.321 e. The van der Waals surface area contributed by atoms with Gasteiger partial charge in [0.1, 0.15) is 10.7 Å². The largest absolute Gasteiger partial charge is 0.321 e. The lowest BCUT2D eigenvalue weighted by atomic mass is 10.3. The predicted molar refractivity (Wildman–Crippen MR) is 80.0 cm³/mol. The number of aryl methyl sites for hydroxylation is 1. The first-order valence-corrected chi connectivity index (χ1v) is 7.19. The summed E-state index contributed by atoms with van der Waals surface area (Å²) in [6, 6.07) is 4.88. The topological polar surface area (TPSA) is 59.3 Å². The summed E-state index contributed by atoms with van der Waals surface area (Å²) in [5, 5.41) is 8.63. The fraction of sp³-hybridized carbons (Fsp3) is 0.0833. The Balaban J connectivity index is 1.84. The zero-order valence-electron chi connectivity index (χ0n) is 10.2. The normalized spacial score (nSPS) is 10.9. The number of imidazole rings is 1. The van der Waals surface area contributed by atoms with Crippen LogP contribution in [0.1, 0.15) is 15.5 Å². The van der Waals surface area contributed by atoms with Crippen molar-refractivity contribution in [1.29, 1.82) is 0 Å². The van der Waals surface area contributed by atoms with Crippen LogP contribution in [0, 0.1) is 6.92 Å². The molecule has 3 aromatic rings. The minimum absolute atomic E-state index is 0.301. The van der Waals surface area contributed by atoms with Gasteiger partial charge in [0.15, 0.2) is 0 Å². The van der Waals surface area contributed by atoms with Gasteiger partial charge in [0.2, 0.25) is 4.96 Å². The van der Waals surface area contributed by atoms with Crippen LogP contribution in [-0.4, -0.2) is 20.5 Å². The predicted octanol–water partition coefficient (Wildman–Crippen LogP) is 3.66. The van der Waals surface area contributed by atoms with Crippen LogP contribution in [0.3, 0.4) is 0 Å². The Kier molecular flexibility index (Phi) is 3.37. The molecule has 0 saturated heterocycles. The van der Waals surface area contributed by atoms with Gasteiger partial charge in [-0.2, -0.15) is 5.10 Å². The number of anilines is 1. The standard InChI is InChI=1S/C12H8Cl2N4OS/c1-6-17-18-5-10(16-12(18)20-6)11(19)15-7-2-3-8(13)9(14)4-7/h2-5H,1H3,(H,15,19). The Labute approximate surface area is 128 Å². The Morgan fingerprint density at radius 2 is 2.15 bits per heavy atom. The molecule has 1 aromatic carbocycles. The first-order chi connectivity index (χ1) is 9.52. The Morgan fingerprint density at radius 3 is 2.85 bits per heavy atom. The molecule has 0 spiro atoms. The van der Waals surface area contributed by atoms with E-state index >= 15 is 0 Å². The Morgan fingerprint density at radius 1 is 1.35 bits per heavy atom. The van der Waals surface area contributed by atoms with Gasteiger partial charge < -0.3 is 5.32 Å². The molecular weight excluding hydrogens is 319 g/mol. The van der Waals surface area contributed by atoms with Crippen molar-refractivity contribution in [3.05, 3.63) is 45.1 Å². The number of aromatic nitrogens is 3. The van der Waals surface area contributed by atoms with Crippen molar-refractivity contribution in [2.24, 2.45) is 0 Å². The van der Waals surface area contributed by atoms with Crippen molar-refractivity contribution in [3.8, 4) is 0 Å². The van der Waals surface area contributed by atoms with E-state index < -0.39 is 0 Å². The van der Waals surface area contributed by atoms with Gasteiger partial charge in [0.25, 0.3) is 5.91 Å². The number of nitrogens with zero attached hydrogens (tertiary/aromatic N) is 3. The third-order valence-corrected chi connectivity index (χ3v) is 4.13. The second kappa shape index (κ2) is 5.05. The number of hydrogen-bond acceptors (Lipinski definition) is 4. The van der Waals surface area contributed by atoms with Crippen LogP contribution >= 0.6 is 34.5 Å². The highest BCUT2D eigenvalue weighted by atomic mass is 35.5. The molecule has 0 saturated carbocycles. The molecule has 3 rings (SSSR count). The summed E-state index contributed by atoms with van der Waals surface area (Å²) in [6.07, 6.45) is 1.59. The van der Waals surface area contributed by atoms with E-state index in [9.17, 15) is 4.79 Å². The van der Waals surface area contributed by atoms with E-state index in [1.807, 2.05) is 6.92 Å². The summed E-state index contributed by atoms with van der Waals surface area (Å²) in [6.45, 7) is 1.88. The van der Waals surface area contributed by atoms with Crippen LogP contribution in [0.5, 0.6) is 0 Å². The van der Waals surface area contributed by atoms with Crippen molar-refractivity contribution in [3.63, 3.8) is 0 Å². The molecular formula is C12H8Cl2N4OS. The molecule has 0 fully saturated rings. The number of halogens is 2. The molecule has 0 aliphatic carbocycles. The van der Waals surface area contributed by atoms with Crippen molar-refractivity contribution in [2.45, 2.75) is 6.92 Å². The van der Waals surface area contributed by atoms with Crippen molar-refractivity contribution in [2.75, 3.05) is 5.32 Å². The van der Waals surface area contributed by atoms with Gasteiger partial charge in [-0.15, -0.1) is 0 Å². The maximum Gasteiger partial charge on any atom is 0.275 e. The van der Waals surface area contributed by atoms with Gasteiger partial charge in [-0.05, 0) is 25.1 Å². The van der Waals surface area contributed by atoms with E-state index in [2.05, 4.69) is 15.4 Å². The fourth-order valence-electron chi connectivity index (χ4n) is 1.68. The summed E-state index contributed by atoms with van der Waals surface area (Å²) in [5.41, 5.74) is 0.861. The average molecular weight is 327 g/mol. The van der Waals surface area contributed by atoms with Crippen LogP contribution in [0.2, 0.25) is 10.0 Å². The molecule has 102 valence electrons. The molecule has 2 aromatic heterocycles. The molecule has 1 amide bonds. The van der Waals surface area contributed by atoms with Crippen LogP contribution in [0.4, 0.5) is 5.69 Å². The molecule has 0 unspecified atom stereocenters. The number of carbonyl (C=O) groups excluding carboxylic acids is 1. The van der Waals surface area contributed by atoms with Crippen LogP contribution in [-0.2, 0) is 0 Å². The first-order valence-electron chi connectivity index (χ1n) is 5.62. The number of nitrogens with one attached hydrogen (secondary N) is 1. The van der Waals surface area contributed by atoms with Crippen LogP contribution in [0.15, 0.2) is 24.4 Å². The summed E-state index contributed by atoms with van der Waals surface area (Å²) >= 11 is 13.1. The van der Waals surface area contributed by atoms with Gasteiger partial charge in [0.05, 0.1) is 16.2 Å². The van der Waals surface area contributed by atoms with Gasteiger partial charge in [-0.1, -0.05) is 34.5 Å². The Bertz CT molecular complexity index is 780. The molecule has 1 N–H and O–H groups in total. The lowest BCUT2D eigenvalue weighted by Gasteiger charge is -2.04. The zero-order chi connectivity index (χ0) is 14.3. The summed E-state index contributed by atoms with van der Waals surface area (Å²) < 4.78 is 1.59. The minimum atomic E-state index is -0.321. The number of rotatable bonds is 2. The molecule has 0 radical (unpaired) electrons. The molecule has 0 aliphatic rings. The smallest absolute Gasteiger partial charge is 0.275 e. The third kappa shape index (κ3) is 2.49. The number of benzene rings is 1. The SMILES string of the molecule is Cc1nn2cc(C(=O)Nc3ccc(Cl)c(Cl)c3)nc2s1. The molecule has 20 heavy (non-hydrogen) atoms. The van der Waals surface area contributed by atoms with Gasteiger partial charge in [0, 0.05) is 5.69 Å². The highest BCUT2D eigenvalue weighted by Crippen LogP contribution is 2.25. The molecule has 0 aliphatic heterocycles. The lowest BCUT2D eigenvalue weighted by Crippen LogP contribution is -2.12. The highest BCUT2D eigenvalue weighted by molar-refractivity contribution is 7.16. The monoisotopic (exact) mass is 326 g/mol. The number of hydrogen-bond donors (Lipinski definition) is 1. The van der Waals surface area contributed by atoms with Crippen molar-refractivity contribution in [1.82, 2.24) is 14.6 Å². The number of amides is 1. The Hall–Kier alpha value is -1.63. The van der Waals surface area contributed by atoms with Crippen LogP contribution in [0.25, 0.3) is 4.96 Å². The van der Waals surface area contributed by atoms with Crippen molar-refractivity contribution >= 4 is 51.1 Å². The third-order valence-electron chi connectivity index (χ3n) is 2.55. The van der Waals surface area contributed by atoms with Crippen LogP contribution < -0.4 is 5.32 Å². The second-order valence-electron chi connectivity index (χ2n) is 4.06. The van der Waals surface area contributed by atoms with Gasteiger partial charge in [-0.25, -0.2) is 9.50 Å². The van der Waals surface area contributed by atoms with E-state index in [4.69, 9.17) is 23.2 Å². The lowest BCUT2D eigenvalue weighted by molar-refractivity contribution is 0.102. The van der Waals surface area contributed by atoms with E-state index in [0.717, 1.165) is 5.01 Å². The second-order valence-corrected chi connectivity index (χ2v) is 6.03. The van der Waals surface area contributed by atoms with E-state index in [-0.39, 0.29) is 5.91 Å². The number of carbonyl (C=O) groups is 1. The molecule has 0 atom stereocenters. The summed E-state index contributed by atoms with van der Waals surface area (Å²) in [4.78, 5) is 17.0. The zero-order valence-corrected chi connectivity index (χ0v) is 12.6. The van der Waals surface area contributed by atoms with Crippen molar-refractivity contribution < 1.29 is 4.79 Å². The average Bonchev–Trinajstić information content (AvgIpc) is 2.91. The summed E-state index contributed by atoms with van der Waals surface area (Å²) in [5.74, 6) is -0.321. The molecule has 8 heteroatoms. The van der Waals surface area contributed by atoms with E-state index in [1.54, 1.807) is 28.9 Å². The van der Waals surface area contributed by atoms with Gasteiger partial charge >= 0.3 is 0 Å².